The molecule has 25 heavy (non-hydrogen) atoms. The summed E-state index contributed by atoms with van der Waals surface area (Å²) in [4.78, 5) is 33.9. The molecular formula is C17H22N4O2S2. The average molecular weight is 379 g/mol. The fourth-order valence-electron chi connectivity index (χ4n) is 3.33. The van der Waals surface area contributed by atoms with E-state index in [0.717, 1.165) is 29.5 Å². The maximum atomic E-state index is 12.4. The number of thiophene rings is 1. The predicted octanol–water partition coefficient (Wildman–Crippen LogP) is 1.56. The topological polar surface area (TPSA) is 101 Å². The molecule has 1 unspecified atom stereocenters. The molecule has 1 saturated carbocycles. The highest BCUT2D eigenvalue weighted by Crippen LogP contribution is 2.34. The molecule has 2 heterocycles. The fraction of sp³-hybridized carbons (Fsp3) is 0.588. The quantitative estimate of drug-likeness (QED) is 0.679. The third-order valence-corrected chi connectivity index (χ3v) is 6.99. The van der Waals surface area contributed by atoms with Crippen molar-refractivity contribution in [1.29, 1.82) is 0 Å². The van der Waals surface area contributed by atoms with Gasteiger partial charge in [0, 0.05) is 17.5 Å². The van der Waals surface area contributed by atoms with Crippen LogP contribution in [-0.2, 0) is 23.4 Å². The minimum atomic E-state index is -0.0418. The summed E-state index contributed by atoms with van der Waals surface area (Å²) < 4.78 is 0. The van der Waals surface area contributed by atoms with Gasteiger partial charge in [-0.25, -0.2) is 4.98 Å². The molecule has 0 spiro atoms. The first-order chi connectivity index (χ1) is 12.1. The van der Waals surface area contributed by atoms with Crippen molar-refractivity contribution in [2.45, 2.75) is 43.9 Å². The second-order valence-electron chi connectivity index (χ2n) is 6.85. The van der Waals surface area contributed by atoms with Crippen molar-refractivity contribution in [3.8, 4) is 0 Å². The van der Waals surface area contributed by atoms with Gasteiger partial charge in [-0.3, -0.25) is 9.59 Å². The molecule has 4 rings (SSSR count). The second kappa shape index (κ2) is 7.09. The molecule has 2 aromatic heterocycles. The summed E-state index contributed by atoms with van der Waals surface area (Å²) in [6.07, 6.45) is 5.53. The normalized spacial score (nSPS) is 17.6. The van der Waals surface area contributed by atoms with E-state index >= 15 is 0 Å². The molecule has 1 atom stereocenters. The van der Waals surface area contributed by atoms with Gasteiger partial charge in [0.1, 0.15) is 10.7 Å². The number of aromatic amines is 1. The number of amides is 1. The molecule has 1 fully saturated rings. The van der Waals surface area contributed by atoms with Crippen molar-refractivity contribution in [3.63, 3.8) is 0 Å². The Hall–Kier alpha value is -1.38. The summed E-state index contributed by atoms with van der Waals surface area (Å²) in [5.74, 6) is 2.08. The Balaban J connectivity index is 1.32. The van der Waals surface area contributed by atoms with Crippen LogP contribution < -0.4 is 16.6 Å². The summed E-state index contributed by atoms with van der Waals surface area (Å²) in [7, 11) is 0. The Morgan fingerprint density at radius 2 is 2.28 bits per heavy atom. The first-order valence-electron chi connectivity index (χ1n) is 8.75. The lowest BCUT2D eigenvalue weighted by Gasteiger charge is -2.11. The molecule has 2 aliphatic rings. The van der Waals surface area contributed by atoms with Crippen LogP contribution in [0, 0.1) is 5.92 Å². The van der Waals surface area contributed by atoms with Crippen LogP contribution in [0.15, 0.2) is 4.79 Å². The van der Waals surface area contributed by atoms with Crippen LogP contribution in [0.4, 0.5) is 0 Å². The van der Waals surface area contributed by atoms with Crippen LogP contribution in [0.1, 0.15) is 35.5 Å². The number of fused-ring (bicyclic) bond motifs is 3. The number of hydrogen-bond donors (Lipinski definition) is 3. The first kappa shape index (κ1) is 17.1. The molecule has 0 aromatic carbocycles. The molecule has 0 bridgehead atoms. The Kier molecular flexibility index (Phi) is 4.84. The van der Waals surface area contributed by atoms with Gasteiger partial charge in [-0.05, 0) is 43.6 Å². The zero-order valence-electron chi connectivity index (χ0n) is 14.0. The van der Waals surface area contributed by atoms with E-state index in [4.69, 9.17) is 5.73 Å². The lowest BCUT2D eigenvalue weighted by molar-refractivity contribution is -0.118. The molecule has 134 valence electrons. The van der Waals surface area contributed by atoms with Crippen molar-refractivity contribution < 1.29 is 4.79 Å². The standard InChI is InChI=1S/C17H22N4O2S2/c18-11(9-4-5-9)6-19-14(22)8-24-7-13-20-16(23)15-10-2-1-3-12(10)25-17(15)21-13/h9,11H,1-8,18H2,(H,19,22)(H,20,21,23). The van der Waals surface area contributed by atoms with Crippen LogP contribution in [0.3, 0.4) is 0 Å². The maximum Gasteiger partial charge on any atom is 0.259 e. The molecular weight excluding hydrogens is 356 g/mol. The molecule has 0 saturated heterocycles. The van der Waals surface area contributed by atoms with Gasteiger partial charge >= 0.3 is 0 Å². The Morgan fingerprint density at radius 3 is 3.08 bits per heavy atom. The highest BCUT2D eigenvalue weighted by molar-refractivity contribution is 7.99. The van der Waals surface area contributed by atoms with Crippen LogP contribution >= 0.6 is 23.1 Å². The third-order valence-electron chi connectivity index (χ3n) is 4.86. The van der Waals surface area contributed by atoms with Crippen molar-refractivity contribution in [3.05, 3.63) is 26.6 Å². The number of carbonyl (C=O) groups is 1. The van der Waals surface area contributed by atoms with Crippen LogP contribution in [0.25, 0.3) is 10.2 Å². The van der Waals surface area contributed by atoms with Gasteiger partial charge in [0.25, 0.3) is 5.56 Å². The molecule has 0 aliphatic heterocycles. The first-order valence-corrected chi connectivity index (χ1v) is 10.7. The minimum Gasteiger partial charge on any atom is -0.354 e. The van der Waals surface area contributed by atoms with Crippen molar-refractivity contribution >= 4 is 39.2 Å². The van der Waals surface area contributed by atoms with Gasteiger partial charge < -0.3 is 16.0 Å². The van der Waals surface area contributed by atoms with Crippen molar-refractivity contribution in [2.24, 2.45) is 11.7 Å². The number of aryl methyl sites for hydroxylation is 2. The molecule has 0 radical (unpaired) electrons. The van der Waals surface area contributed by atoms with Crippen molar-refractivity contribution in [1.82, 2.24) is 15.3 Å². The fourth-order valence-corrected chi connectivity index (χ4v) is 5.33. The second-order valence-corrected chi connectivity index (χ2v) is 8.92. The number of nitrogens with two attached hydrogens (primary N) is 1. The van der Waals surface area contributed by atoms with Gasteiger partial charge in [0.15, 0.2) is 0 Å². The Bertz CT molecular complexity index is 856. The van der Waals surface area contributed by atoms with E-state index in [1.165, 1.54) is 35.0 Å². The van der Waals surface area contributed by atoms with E-state index in [0.29, 0.717) is 29.8 Å². The highest BCUT2D eigenvalue weighted by atomic mass is 32.2. The van der Waals surface area contributed by atoms with Gasteiger partial charge in [0.05, 0.1) is 16.9 Å². The van der Waals surface area contributed by atoms with E-state index in [1.807, 2.05) is 0 Å². The number of carbonyl (C=O) groups excluding carboxylic acids is 1. The minimum absolute atomic E-state index is 0.0142. The summed E-state index contributed by atoms with van der Waals surface area (Å²) >= 11 is 3.10. The lowest BCUT2D eigenvalue weighted by Crippen LogP contribution is -2.39. The Labute approximate surface area is 154 Å². The third kappa shape index (κ3) is 3.75. The van der Waals surface area contributed by atoms with E-state index in [2.05, 4.69) is 15.3 Å². The van der Waals surface area contributed by atoms with Gasteiger partial charge in [0.2, 0.25) is 5.91 Å². The Morgan fingerprint density at radius 1 is 1.44 bits per heavy atom. The van der Waals surface area contributed by atoms with Gasteiger partial charge in [-0.2, -0.15) is 0 Å². The summed E-state index contributed by atoms with van der Waals surface area (Å²) in [6.45, 7) is 0.547. The van der Waals surface area contributed by atoms with E-state index in [1.54, 1.807) is 11.3 Å². The molecule has 2 aromatic rings. The zero-order valence-corrected chi connectivity index (χ0v) is 15.6. The number of hydrogen-bond acceptors (Lipinski definition) is 6. The number of nitrogens with zero attached hydrogens (tertiary/aromatic N) is 1. The lowest BCUT2D eigenvalue weighted by atomic mass is 10.2. The predicted molar refractivity (Wildman–Crippen MR) is 102 cm³/mol. The highest BCUT2D eigenvalue weighted by Gasteiger charge is 2.28. The molecule has 8 heteroatoms. The molecule has 2 aliphatic carbocycles. The largest absolute Gasteiger partial charge is 0.354 e. The molecule has 4 N–H and O–H groups in total. The number of nitrogens with one attached hydrogen (secondary N) is 2. The van der Waals surface area contributed by atoms with Crippen LogP contribution in [-0.4, -0.2) is 34.2 Å². The summed E-state index contributed by atoms with van der Waals surface area (Å²) in [5, 5.41) is 3.66. The van der Waals surface area contributed by atoms with Gasteiger partial charge in [-0.15, -0.1) is 23.1 Å². The average Bonchev–Trinajstić information content (AvgIpc) is 3.23. The van der Waals surface area contributed by atoms with E-state index in [9.17, 15) is 9.59 Å². The number of H-pyrrole nitrogens is 1. The van der Waals surface area contributed by atoms with Gasteiger partial charge in [-0.1, -0.05) is 0 Å². The SMILES string of the molecule is NC(CNC(=O)CSCc1nc2sc3c(c2c(=O)[nH]1)CCC3)C1CC1. The summed E-state index contributed by atoms with van der Waals surface area (Å²) in [5.41, 5.74) is 7.13. The smallest absolute Gasteiger partial charge is 0.259 e. The van der Waals surface area contributed by atoms with E-state index < -0.39 is 0 Å². The monoisotopic (exact) mass is 378 g/mol. The number of rotatable bonds is 7. The molecule has 6 nitrogen and oxygen atoms in total. The van der Waals surface area contributed by atoms with Crippen molar-refractivity contribution in [2.75, 3.05) is 12.3 Å². The zero-order chi connectivity index (χ0) is 17.4. The van der Waals surface area contributed by atoms with E-state index in [-0.39, 0.29) is 17.5 Å². The van der Waals surface area contributed by atoms with Crippen LogP contribution in [0.2, 0.25) is 0 Å². The van der Waals surface area contributed by atoms with Crippen LogP contribution in [0.5, 0.6) is 0 Å². The number of thioether (sulfide) groups is 1. The maximum absolute atomic E-state index is 12.4. The molecule has 1 amide bonds. The summed E-state index contributed by atoms with van der Waals surface area (Å²) in [6, 6.07) is 0.0789. The number of aromatic nitrogens is 2.